The Balaban J connectivity index is 1.67. The highest BCUT2D eigenvalue weighted by atomic mass is 32.2. The molecule has 1 N–H and O–H groups in total. The van der Waals surface area contributed by atoms with Crippen LogP contribution in [0.1, 0.15) is 25.7 Å². The monoisotopic (exact) mass is 247 g/mol. The maximum atomic E-state index is 10.9. The lowest BCUT2D eigenvalue weighted by atomic mass is 9.90. The first-order valence-electron chi connectivity index (χ1n) is 6.02. The van der Waals surface area contributed by atoms with Crippen LogP contribution in [0.25, 0.3) is 0 Å². The molecular weight excluding hydrogens is 226 g/mol. The van der Waals surface area contributed by atoms with Crippen LogP contribution in [0.5, 0.6) is 0 Å². The van der Waals surface area contributed by atoms with Crippen LogP contribution in [-0.2, 0) is 20.3 Å². The highest BCUT2D eigenvalue weighted by molar-refractivity contribution is 7.84. The third kappa shape index (κ3) is 3.26. The lowest BCUT2D eigenvalue weighted by Gasteiger charge is -2.35. The second-order valence-corrected chi connectivity index (χ2v) is 6.17. The fourth-order valence-electron chi connectivity index (χ4n) is 2.45. The van der Waals surface area contributed by atoms with E-state index in [1.807, 2.05) is 0 Å². The predicted molar refractivity (Wildman–Crippen MR) is 63.8 cm³/mol. The Morgan fingerprint density at radius 1 is 1.31 bits per heavy atom. The van der Waals surface area contributed by atoms with E-state index in [1.165, 1.54) is 0 Å². The lowest BCUT2D eigenvalue weighted by molar-refractivity contribution is -0.179. The smallest absolute Gasteiger partial charge is 0.168 e. The van der Waals surface area contributed by atoms with Crippen LogP contribution in [0.3, 0.4) is 0 Å². The van der Waals surface area contributed by atoms with Crippen molar-refractivity contribution in [2.75, 3.05) is 31.8 Å². The van der Waals surface area contributed by atoms with E-state index >= 15 is 0 Å². The highest BCUT2D eigenvalue weighted by Crippen LogP contribution is 2.35. The zero-order chi connectivity index (χ0) is 11.4. The number of hydrogen-bond acceptors (Lipinski definition) is 4. The number of rotatable bonds is 4. The van der Waals surface area contributed by atoms with E-state index in [2.05, 4.69) is 5.32 Å². The molecule has 2 fully saturated rings. The first kappa shape index (κ1) is 12.5. The van der Waals surface area contributed by atoms with Crippen molar-refractivity contribution in [1.82, 2.24) is 5.32 Å². The summed E-state index contributed by atoms with van der Waals surface area (Å²) in [7, 11) is -0.690. The molecule has 1 saturated heterocycles. The summed E-state index contributed by atoms with van der Waals surface area (Å²) in [6.07, 6.45) is 5.91. The van der Waals surface area contributed by atoms with Crippen molar-refractivity contribution in [2.45, 2.75) is 37.5 Å². The van der Waals surface area contributed by atoms with Crippen LogP contribution >= 0.6 is 0 Å². The summed E-state index contributed by atoms with van der Waals surface area (Å²) >= 11 is 0. The Labute approximate surface area is 99.5 Å². The second-order valence-electron chi connectivity index (χ2n) is 4.61. The maximum Gasteiger partial charge on any atom is 0.168 e. The molecule has 1 atom stereocenters. The summed E-state index contributed by atoms with van der Waals surface area (Å²) in [5.74, 6) is 0.487. The van der Waals surface area contributed by atoms with Gasteiger partial charge in [-0.15, -0.1) is 0 Å². The van der Waals surface area contributed by atoms with Crippen molar-refractivity contribution in [1.29, 1.82) is 0 Å². The molecule has 94 valence electrons. The number of ether oxygens (including phenoxy) is 2. The molecule has 0 aromatic rings. The normalized spacial score (nSPS) is 27.3. The van der Waals surface area contributed by atoms with Crippen molar-refractivity contribution in [3.8, 4) is 0 Å². The molecule has 0 bridgehead atoms. The molecule has 1 aliphatic carbocycles. The standard InChI is InChI=1S/C11H21NO3S/c1-16(13)9-6-12-10-2-4-11(5-3-10)14-7-8-15-11/h10,12H,2-9H2,1H3. The van der Waals surface area contributed by atoms with Crippen molar-refractivity contribution >= 4 is 10.8 Å². The first-order valence-corrected chi connectivity index (χ1v) is 7.74. The summed E-state index contributed by atoms with van der Waals surface area (Å²) in [5, 5.41) is 3.46. The molecule has 1 spiro atoms. The minimum Gasteiger partial charge on any atom is -0.348 e. The average Bonchev–Trinajstić information content (AvgIpc) is 2.70. The SMILES string of the molecule is CS(=O)CCNC1CCC2(CC1)OCCO2. The molecule has 5 heteroatoms. The molecule has 1 unspecified atom stereocenters. The fourth-order valence-corrected chi connectivity index (χ4v) is 2.86. The molecule has 0 aromatic carbocycles. The van der Waals surface area contributed by atoms with Gasteiger partial charge in [-0.2, -0.15) is 0 Å². The third-order valence-corrected chi connectivity index (χ3v) is 4.16. The molecule has 2 aliphatic rings. The van der Waals surface area contributed by atoms with E-state index in [0.717, 1.165) is 51.2 Å². The van der Waals surface area contributed by atoms with Crippen molar-refractivity contribution in [3.05, 3.63) is 0 Å². The van der Waals surface area contributed by atoms with E-state index < -0.39 is 10.8 Å². The van der Waals surface area contributed by atoms with Gasteiger partial charge in [-0.1, -0.05) is 0 Å². The Hall–Kier alpha value is 0.0300. The summed E-state index contributed by atoms with van der Waals surface area (Å²) in [6.45, 7) is 2.34. The highest BCUT2D eigenvalue weighted by Gasteiger charge is 2.39. The van der Waals surface area contributed by atoms with Gasteiger partial charge >= 0.3 is 0 Å². The summed E-state index contributed by atoms with van der Waals surface area (Å²) in [4.78, 5) is 0. The van der Waals surface area contributed by atoms with Gasteiger partial charge in [0, 0.05) is 48.2 Å². The topological polar surface area (TPSA) is 47.6 Å². The van der Waals surface area contributed by atoms with Gasteiger partial charge in [0.2, 0.25) is 0 Å². The zero-order valence-electron chi connectivity index (χ0n) is 9.87. The quantitative estimate of drug-likeness (QED) is 0.792. The Morgan fingerprint density at radius 2 is 1.94 bits per heavy atom. The van der Waals surface area contributed by atoms with Crippen LogP contribution in [0.15, 0.2) is 0 Å². The van der Waals surface area contributed by atoms with Crippen molar-refractivity contribution < 1.29 is 13.7 Å². The van der Waals surface area contributed by atoms with Gasteiger partial charge in [-0.3, -0.25) is 4.21 Å². The third-order valence-electron chi connectivity index (χ3n) is 3.38. The molecule has 0 aromatic heterocycles. The number of nitrogens with one attached hydrogen (secondary N) is 1. The zero-order valence-corrected chi connectivity index (χ0v) is 10.7. The summed E-state index contributed by atoms with van der Waals surface area (Å²) < 4.78 is 22.3. The minimum absolute atomic E-state index is 0.258. The molecule has 4 nitrogen and oxygen atoms in total. The van der Waals surface area contributed by atoms with Gasteiger partial charge in [0.25, 0.3) is 0 Å². The molecule has 0 amide bonds. The summed E-state index contributed by atoms with van der Waals surface area (Å²) in [5.41, 5.74) is 0. The van der Waals surface area contributed by atoms with Gasteiger partial charge in [0.15, 0.2) is 5.79 Å². The lowest BCUT2D eigenvalue weighted by Crippen LogP contribution is -2.42. The Morgan fingerprint density at radius 3 is 2.50 bits per heavy atom. The van der Waals surface area contributed by atoms with E-state index in [-0.39, 0.29) is 5.79 Å². The van der Waals surface area contributed by atoms with Gasteiger partial charge in [-0.25, -0.2) is 0 Å². The second kappa shape index (κ2) is 5.58. The number of hydrogen-bond donors (Lipinski definition) is 1. The summed E-state index contributed by atoms with van der Waals surface area (Å²) in [6, 6.07) is 0.543. The van der Waals surface area contributed by atoms with Gasteiger partial charge in [0.1, 0.15) is 0 Å². The van der Waals surface area contributed by atoms with Crippen LogP contribution in [0.4, 0.5) is 0 Å². The molecule has 1 saturated carbocycles. The fraction of sp³-hybridized carbons (Fsp3) is 1.00. The van der Waals surface area contributed by atoms with Crippen molar-refractivity contribution in [2.24, 2.45) is 0 Å². The van der Waals surface area contributed by atoms with Gasteiger partial charge < -0.3 is 14.8 Å². The molecule has 0 radical (unpaired) electrons. The van der Waals surface area contributed by atoms with E-state index in [4.69, 9.17) is 9.47 Å². The predicted octanol–water partition coefficient (Wildman–Crippen LogP) is 0.640. The van der Waals surface area contributed by atoms with Crippen LogP contribution < -0.4 is 5.32 Å². The van der Waals surface area contributed by atoms with E-state index in [1.54, 1.807) is 6.26 Å². The molecule has 16 heavy (non-hydrogen) atoms. The van der Waals surface area contributed by atoms with Crippen LogP contribution in [0.2, 0.25) is 0 Å². The van der Waals surface area contributed by atoms with Crippen LogP contribution in [-0.4, -0.2) is 47.8 Å². The molecule has 2 rings (SSSR count). The molecule has 1 aliphatic heterocycles. The van der Waals surface area contributed by atoms with Gasteiger partial charge in [0.05, 0.1) is 13.2 Å². The van der Waals surface area contributed by atoms with Gasteiger partial charge in [-0.05, 0) is 12.8 Å². The van der Waals surface area contributed by atoms with E-state index in [0.29, 0.717) is 6.04 Å². The van der Waals surface area contributed by atoms with E-state index in [9.17, 15) is 4.21 Å². The maximum absolute atomic E-state index is 10.9. The molecular formula is C11H21NO3S. The molecule has 1 heterocycles. The van der Waals surface area contributed by atoms with Crippen LogP contribution in [0, 0.1) is 0 Å². The van der Waals surface area contributed by atoms with Crippen molar-refractivity contribution in [3.63, 3.8) is 0 Å². The Bertz CT molecular complexity index is 244. The first-order chi connectivity index (χ1) is 7.70. The Kier molecular flexibility index (Phi) is 4.35. The largest absolute Gasteiger partial charge is 0.348 e. The average molecular weight is 247 g/mol. The minimum atomic E-state index is -0.690.